The highest BCUT2D eigenvalue weighted by molar-refractivity contribution is 5.89. The second-order valence-corrected chi connectivity index (χ2v) is 7.73. The van der Waals surface area contributed by atoms with Crippen LogP contribution in [0, 0.1) is 5.82 Å². The molecule has 0 atom stereocenters. The SMILES string of the molecule is CCOc1cc(CN2CCC(Nc3cccc(NC(C)=O)c3)CC2)cc(OCC)c1F. The summed E-state index contributed by atoms with van der Waals surface area (Å²) in [6.45, 7) is 8.62. The Bertz CT molecular complexity index is 855. The van der Waals surface area contributed by atoms with Crippen LogP contribution < -0.4 is 20.1 Å². The van der Waals surface area contributed by atoms with E-state index in [2.05, 4.69) is 15.5 Å². The number of anilines is 2. The van der Waals surface area contributed by atoms with E-state index in [0.29, 0.717) is 19.3 Å². The van der Waals surface area contributed by atoms with Crippen LogP contribution in [-0.2, 0) is 11.3 Å². The third-order valence-corrected chi connectivity index (χ3v) is 5.21. The smallest absolute Gasteiger partial charge is 0.221 e. The molecule has 1 heterocycles. The predicted molar refractivity (Wildman–Crippen MR) is 121 cm³/mol. The molecule has 6 nitrogen and oxygen atoms in total. The molecule has 1 aliphatic heterocycles. The molecule has 0 aromatic heterocycles. The standard InChI is InChI=1S/C24H32FN3O3/c1-4-30-22-13-18(14-23(24(22)25)31-5-2)16-28-11-9-19(10-12-28)27-21-8-6-7-20(15-21)26-17(3)29/h6-8,13-15,19,27H,4-5,9-12,16H2,1-3H3,(H,26,29). The minimum absolute atomic E-state index is 0.0776. The van der Waals surface area contributed by atoms with Crippen LogP contribution >= 0.6 is 0 Å². The van der Waals surface area contributed by atoms with Gasteiger partial charge >= 0.3 is 0 Å². The minimum atomic E-state index is -0.433. The number of nitrogens with zero attached hydrogens (tertiary/aromatic N) is 1. The zero-order valence-corrected chi connectivity index (χ0v) is 18.5. The van der Waals surface area contributed by atoms with Crippen LogP contribution in [0.2, 0.25) is 0 Å². The van der Waals surface area contributed by atoms with Gasteiger partial charge in [-0.25, -0.2) is 0 Å². The molecule has 3 rings (SSSR count). The molecule has 1 fully saturated rings. The van der Waals surface area contributed by atoms with Crippen LogP contribution in [0.4, 0.5) is 15.8 Å². The van der Waals surface area contributed by atoms with Crippen molar-refractivity contribution in [3.8, 4) is 11.5 Å². The topological polar surface area (TPSA) is 62.8 Å². The van der Waals surface area contributed by atoms with Crippen LogP contribution in [0.25, 0.3) is 0 Å². The van der Waals surface area contributed by atoms with Gasteiger partial charge in [0.1, 0.15) is 0 Å². The molecule has 1 amide bonds. The molecule has 1 saturated heterocycles. The number of halogens is 1. The van der Waals surface area contributed by atoms with Gasteiger partial charge in [0, 0.05) is 44.0 Å². The van der Waals surface area contributed by atoms with Crippen LogP contribution in [0.5, 0.6) is 11.5 Å². The first-order valence-electron chi connectivity index (χ1n) is 10.9. The summed E-state index contributed by atoms with van der Waals surface area (Å²) in [5, 5.41) is 6.38. The van der Waals surface area contributed by atoms with Gasteiger partial charge in [0.25, 0.3) is 0 Å². The summed E-state index contributed by atoms with van der Waals surface area (Å²) < 4.78 is 25.4. The molecule has 0 spiro atoms. The summed E-state index contributed by atoms with van der Waals surface area (Å²) in [7, 11) is 0. The number of benzene rings is 2. The summed E-state index contributed by atoms with van der Waals surface area (Å²) in [6, 6.07) is 11.7. The van der Waals surface area contributed by atoms with Crippen LogP contribution in [0.3, 0.4) is 0 Å². The maximum atomic E-state index is 14.5. The Kier molecular flexibility index (Phi) is 8.12. The predicted octanol–water partition coefficient (Wildman–Crippen LogP) is 4.66. The molecule has 0 bridgehead atoms. The number of rotatable bonds is 9. The number of likely N-dealkylation sites (tertiary alicyclic amines) is 1. The molecule has 31 heavy (non-hydrogen) atoms. The average molecular weight is 430 g/mol. The lowest BCUT2D eigenvalue weighted by atomic mass is 10.0. The first-order chi connectivity index (χ1) is 15.0. The molecule has 7 heteroatoms. The molecule has 168 valence electrons. The quantitative estimate of drug-likeness (QED) is 0.607. The zero-order valence-electron chi connectivity index (χ0n) is 18.5. The van der Waals surface area contributed by atoms with Gasteiger partial charge in [-0.15, -0.1) is 0 Å². The number of piperidine rings is 1. The fourth-order valence-corrected chi connectivity index (χ4v) is 3.86. The largest absolute Gasteiger partial charge is 0.491 e. The Morgan fingerprint density at radius 3 is 2.26 bits per heavy atom. The van der Waals surface area contributed by atoms with Gasteiger partial charge in [0.2, 0.25) is 11.7 Å². The summed E-state index contributed by atoms with van der Waals surface area (Å²) >= 11 is 0. The third kappa shape index (κ3) is 6.59. The van der Waals surface area contributed by atoms with Gasteiger partial charge in [-0.1, -0.05) is 6.07 Å². The van der Waals surface area contributed by atoms with Crippen molar-refractivity contribution in [1.29, 1.82) is 0 Å². The number of ether oxygens (including phenoxy) is 2. The maximum Gasteiger partial charge on any atom is 0.221 e. The van der Waals surface area contributed by atoms with Crippen molar-refractivity contribution in [1.82, 2.24) is 4.90 Å². The van der Waals surface area contributed by atoms with Crippen molar-refractivity contribution in [3.63, 3.8) is 0 Å². The lowest BCUT2D eigenvalue weighted by Crippen LogP contribution is -2.38. The summed E-state index contributed by atoms with van der Waals surface area (Å²) in [4.78, 5) is 13.6. The molecule has 2 N–H and O–H groups in total. The Morgan fingerprint density at radius 1 is 1.06 bits per heavy atom. The van der Waals surface area contributed by atoms with E-state index in [1.54, 1.807) is 12.1 Å². The highest BCUT2D eigenvalue weighted by atomic mass is 19.1. The molecular formula is C24H32FN3O3. The molecule has 0 aliphatic carbocycles. The average Bonchev–Trinajstić information content (AvgIpc) is 2.73. The van der Waals surface area contributed by atoms with Gasteiger partial charge in [-0.3, -0.25) is 9.69 Å². The van der Waals surface area contributed by atoms with Crippen molar-refractivity contribution < 1.29 is 18.7 Å². The van der Waals surface area contributed by atoms with E-state index in [-0.39, 0.29) is 17.4 Å². The number of nitrogens with one attached hydrogen (secondary N) is 2. The van der Waals surface area contributed by atoms with Crippen molar-refractivity contribution in [2.24, 2.45) is 0 Å². The molecule has 2 aromatic carbocycles. The minimum Gasteiger partial charge on any atom is -0.491 e. The first kappa shape index (κ1) is 22.9. The molecular weight excluding hydrogens is 397 g/mol. The summed E-state index contributed by atoms with van der Waals surface area (Å²) in [5.74, 6) is -0.0128. The number of hydrogen-bond donors (Lipinski definition) is 2. The van der Waals surface area contributed by atoms with E-state index in [1.807, 2.05) is 38.1 Å². The first-order valence-corrected chi connectivity index (χ1v) is 10.9. The highest BCUT2D eigenvalue weighted by Gasteiger charge is 2.21. The summed E-state index contributed by atoms with van der Waals surface area (Å²) in [6.07, 6.45) is 2.00. The van der Waals surface area contributed by atoms with Crippen LogP contribution in [-0.4, -0.2) is 43.2 Å². The molecule has 1 aliphatic rings. The van der Waals surface area contributed by atoms with Crippen molar-refractivity contribution in [2.75, 3.05) is 36.9 Å². The van der Waals surface area contributed by atoms with E-state index in [9.17, 15) is 9.18 Å². The van der Waals surface area contributed by atoms with E-state index in [0.717, 1.165) is 49.4 Å². The van der Waals surface area contributed by atoms with Gasteiger partial charge in [-0.2, -0.15) is 4.39 Å². The second kappa shape index (κ2) is 11.0. The Morgan fingerprint density at radius 2 is 1.68 bits per heavy atom. The second-order valence-electron chi connectivity index (χ2n) is 7.73. The monoisotopic (exact) mass is 429 g/mol. The van der Waals surface area contributed by atoms with Gasteiger partial charge in [0.15, 0.2) is 11.5 Å². The van der Waals surface area contributed by atoms with Gasteiger partial charge in [-0.05, 0) is 62.6 Å². The van der Waals surface area contributed by atoms with E-state index >= 15 is 0 Å². The Hall–Kier alpha value is -2.80. The fraction of sp³-hybridized carbons (Fsp3) is 0.458. The fourth-order valence-electron chi connectivity index (χ4n) is 3.86. The summed E-state index contributed by atoms with van der Waals surface area (Å²) in [5.41, 5.74) is 2.79. The molecule has 0 saturated carbocycles. The van der Waals surface area contributed by atoms with E-state index in [1.165, 1.54) is 6.92 Å². The number of amides is 1. The number of carbonyl (C=O) groups excluding carboxylic acids is 1. The third-order valence-electron chi connectivity index (χ3n) is 5.21. The molecule has 0 unspecified atom stereocenters. The van der Waals surface area contributed by atoms with Crippen molar-refractivity contribution >= 4 is 17.3 Å². The zero-order chi connectivity index (χ0) is 22.2. The highest BCUT2D eigenvalue weighted by Crippen LogP contribution is 2.30. The lowest BCUT2D eigenvalue weighted by Gasteiger charge is -2.33. The van der Waals surface area contributed by atoms with Crippen LogP contribution in [0.1, 0.15) is 39.2 Å². The van der Waals surface area contributed by atoms with Crippen molar-refractivity contribution in [2.45, 2.75) is 46.2 Å². The number of hydrogen-bond acceptors (Lipinski definition) is 5. The Balaban J connectivity index is 1.57. The van der Waals surface area contributed by atoms with Crippen molar-refractivity contribution in [3.05, 3.63) is 47.8 Å². The molecule has 2 aromatic rings. The van der Waals surface area contributed by atoms with E-state index in [4.69, 9.17) is 9.47 Å². The Labute approximate surface area is 183 Å². The molecule has 0 radical (unpaired) electrons. The van der Waals surface area contributed by atoms with Crippen LogP contribution in [0.15, 0.2) is 36.4 Å². The normalized spacial score (nSPS) is 14.8. The van der Waals surface area contributed by atoms with E-state index < -0.39 is 5.82 Å². The van der Waals surface area contributed by atoms with Gasteiger partial charge < -0.3 is 20.1 Å². The van der Waals surface area contributed by atoms with Gasteiger partial charge in [0.05, 0.1) is 13.2 Å². The lowest BCUT2D eigenvalue weighted by molar-refractivity contribution is -0.114. The maximum absolute atomic E-state index is 14.5. The number of carbonyl (C=O) groups is 1.